The molecule has 3 saturated heterocycles. The van der Waals surface area contributed by atoms with E-state index in [9.17, 15) is 17.6 Å². The largest absolute Gasteiger partial charge is 0.476 e. The molecule has 15 heteroatoms. The van der Waals surface area contributed by atoms with E-state index in [1.54, 1.807) is 19.1 Å². The number of alkyl halides is 3. The molecule has 5 aromatic rings. The van der Waals surface area contributed by atoms with Gasteiger partial charge in [0.05, 0.1) is 16.6 Å². The van der Waals surface area contributed by atoms with Crippen LogP contribution in [-0.4, -0.2) is 86.3 Å². The Labute approximate surface area is 314 Å². The maximum atomic E-state index is 17.2. The normalized spacial score (nSPS) is 23.9. The van der Waals surface area contributed by atoms with E-state index in [1.807, 2.05) is 12.1 Å². The number of anilines is 1. The summed E-state index contributed by atoms with van der Waals surface area (Å²) in [6.45, 7) is 6.45. The summed E-state index contributed by atoms with van der Waals surface area (Å²) in [6.07, 6.45) is 1.83. The highest BCUT2D eigenvalue weighted by atomic mass is 19.4. The van der Waals surface area contributed by atoms with Crippen molar-refractivity contribution in [2.75, 3.05) is 37.7 Å². The molecule has 0 amide bonds. The molecule has 3 aromatic heterocycles. The zero-order valence-electron chi connectivity index (χ0n) is 30.6. The molecule has 10 nitrogen and oxygen atoms in total. The Kier molecular flexibility index (Phi) is 8.99. The summed E-state index contributed by atoms with van der Waals surface area (Å²) in [5.41, 5.74) is 0.441. The van der Waals surface area contributed by atoms with Gasteiger partial charge in [-0.25, -0.2) is 23.7 Å². The molecule has 2 aromatic carbocycles. The molecule has 288 valence electrons. The molecule has 0 bridgehead atoms. The minimum Gasteiger partial charge on any atom is -0.476 e. The topological polar surface area (TPSA) is 101 Å². The third kappa shape index (κ3) is 6.28. The fraction of sp³-hybridized carbons (Fsp3) is 0.475. The van der Waals surface area contributed by atoms with E-state index in [0.29, 0.717) is 46.4 Å². The van der Waals surface area contributed by atoms with E-state index in [4.69, 9.17) is 24.4 Å². The van der Waals surface area contributed by atoms with Gasteiger partial charge in [0.1, 0.15) is 42.4 Å². The Hall–Kier alpha value is -4.76. The van der Waals surface area contributed by atoms with E-state index in [-0.39, 0.29) is 65.8 Å². The molecule has 4 aliphatic heterocycles. The number of aryl methyl sites for hydroxylation is 2. The molecule has 0 radical (unpaired) electrons. The molecule has 0 saturated carbocycles. The van der Waals surface area contributed by atoms with Gasteiger partial charge in [0, 0.05) is 42.8 Å². The average molecular weight is 761 g/mol. The van der Waals surface area contributed by atoms with Gasteiger partial charge in [-0.3, -0.25) is 4.90 Å². The van der Waals surface area contributed by atoms with Crippen molar-refractivity contribution in [1.29, 1.82) is 0 Å². The second kappa shape index (κ2) is 13.8. The van der Waals surface area contributed by atoms with Crippen LogP contribution >= 0.6 is 0 Å². The third-order valence-corrected chi connectivity index (χ3v) is 12.2. The first-order valence-corrected chi connectivity index (χ1v) is 19.0. The molecular formula is C40H41F5N8O2. The van der Waals surface area contributed by atoms with Crippen LogP contribution in [0.25, 0.3) is 32.9 Å². The highest BCUT2D eigenvalue weighted by Gasteiger charge is 2.50. The second-order valence-corrected chi connectivity index (χ2v) is 15.3. The summed E-state index contributed by atoms with van der Waals surface area (Å²) in [4.78, 5) is 26.6. The highest BCUT2D eigenvalue weighted by molar-refractivity contribution is 6.01. The molecule has 4 aliphatic rings. The lowest BCUT2D eigenvalue weighted by molar-refractivity contribution is -0.141. The van der Waals surface area contributed by atoms with Crippen molar-refractivity contribution < 1.29 is 31.4 Å². The minimum atomic E-state index is -4.60. The Morgan fingerprint density at radius 3 is 2.71 bits per heavy atom. The summed E-state index contributed by atoms with van der Waals surface area (Å²) in [6, 6.07) is 9.76. The quantitative estimate of drug-likeness (QED) is 0.164. The fourth-order valence-electron chi connectivity index (χ4n) is 9.27. The Balaban J connectivity index is 1.07. The average Bonchev–Trinajstić information content (AvgIpc) is 3.71. The van der Waals surface area contributed by atoms with Crippen LogP contribution in [0.4, 0.5) is 27.8 Å². The number of pyridine rings is 1. The van der Waals surface area contributed by atoms with Crippen molar-refractivity contribution in [2.24, 2.45) is 0 Å². The van der Waals surface area contributed by atoms with Crippen LogP contribution in [0.1, 0.15) is 62.4 Å². The summed E-state index contributed by atoms with van der Waals surface area (Å²) < 4.78 is 84.2. The molecule has 1 N–H and O–H groups in total. The number of hydrogen-bond donors (Lipinski definition) is 1. The summed E-state index contributed by atoms with van der Waals surface area (Å²) in [5, 5.41) is 5.62. The first-order valence-electron chi connectivity index (χ1n) is 19.0. The molecular weight excluding hydrogens is 719 g/mol. The Bertz CT molecular complexity index is 2290. The van der Waals surface area contributed by atoms with Crippen LogP contribution in [0, 0.1) is 18.6 Å². The summed E-state index contributed by atoms with van der Waals surface area (Å²) in [5.74, 6) is -0.501. The third-order valence-electron chi connectivity index (χ3n) is 12.2. The Morgan fingerprint density at radius 2 is 1.87 bits per heavy atom. The van der Waals surface area contributed by atoms with Crippen LogP contribution in [0.15, 0.2) is 42.7 Å². The van der Waals surface area contributed by atoms with Gasteiger partial charge in [-0.2, -0.15) is 23.1 Å². The lowest BCUT2D eigenvalue weighted by Crippen LogP contribution is -2.56. The summed E-state index contributed by atoms with van der Waals surface area (Å²) >= 11 is 0. The second-order valence-electron chi connectivity index (χ2n) is 15.3. The van der Waals surface area contributed by atoms with E-state index < -0.39 is 17.7 Å². The number of aromatic nitrogens is 5. The van der Waals surface area contributed by atoms with Crippen molar-refractivity contribution in [3.8, 4) is 23.1 Å². The lowest BCUT2D eigenvalue weighted by Gasteiger charge is -2.40. The number of rotatable bonds is 8. The zero-order valence-corrected chi connectivity index (χ0v) is 30.6. The van der Waals surface area contributed by atoms with Crippen molar-refractivity contribution in [3.63, 3.8) is 0 Å². The molecule has 3 fully saturated rings. The van der Waals surface area contributed by atoms with Crippen LogP contribution in [0.3, 0.4) is 0 Å². The van der Waals surface area contributed by atoms with Gasteiger partial charge in [-0.15, -0.1) is 0 Å². The van der Waals surface area contributed by atoms with Crippen LogP contribution in [0.5, 0.6) is 11.9 Å². The van der Waals surface area contributed by atoms with E-state index >= 15 is 4.39 Å². The SMILES string of the molecule is CC[C@@H]1CN2c3nc(OC[C@@]45CCCN4[C@H](COc4cc(C(F)(F)F)ncn4)CC5)nc4c(F)c(-c5cccc6ccc(F)c(C)c56)nc(c34)CC[C@@H]2CN1. The zero-order chi connectivity index (χ0) is 38.1. The van der Waals surface area contributed by atoms with Gasteiger partial charge in [0.15, 0.2) is 11.5 Å². The van der Waals surface area contributed by atoms with Gasteiger partial charge in [0.2, 0.25) is 5.88 Å². The van der Waals surface area contributed by atoms with Crippen molar-refractivity contribution in [2.45, 2.75) is 88.6 Å². The fourth-order valence-corrected chi connectivity index (χ4v) is 9.27. The van der Waals surface area contributed by atoms with Gasteiger partial charge in [0.25, 0.3) is 0 Å². The van der Waals surface area contributed by atoms with E-state index in [2.05, 4.69) is 32.0 Å². The monoisotopic (exact) mass is 760 g/mol. The number of halogens is 5. The molecule has 7 heterocycles. The first kappa shape index (κ1) is 35.9. The van der Waals surface area contributed by atoms with Gasteiger partial charge in [-0.1, -0.05) is 31.2 Å². The van der Waals surface area contributed by atoms with Crippen molar-refractivity contribution in [3.05, 3.63) is 71.3 Å². The number of nitrogens with one attached hydrogen (secondary N) is 1. The maximum Gasteiger partial charge on any atom is 0.433 e. The summed E-state index contributed by atoms with van der Waals surface area (Å²) in [7, 11) is 0. The number of hydrogen-bond acceptors (Lipinski definition) is 10. The van der Waals surface area contributed by atoms with Gasteiger partial charge < -0.3 is 19.7 Å². The number of benzene rings is 2. The number of ether oxygens (including phenoxy) is 2. The molecule has 55 heavy (non-hydrogen) atoms. The van der Waals surface area contributed by atoms with Crippen molar-refractivity contribution in [1.82, 2.24) is 35.1 Å². The highest BCUT2D eigenvalue weighted by Crippen LogP contribution is 2.44. The van der Waals surface area contributed by atoms with Crippen molar-refractivity contribution >= 4 is 27.5 Å². The maximum absolute atomic E-state index is 17.2. The lowest BCUT2D eigenvalue weighted by atomic mass is 9.95. The molecule has 0 aliphatic carbocycles. The first-order chi connectivity index (χ1) is 26.5. The molecule has 9 rings (SSSR count). The predicted octanol–water partition coefficient (Wildman–Crippen LogP) is 7.20. The van der Waals surface area contributed by atoms with Gasteiger partial charge >= 0.3 is 12.2 Å². The van der Waals surface area contributed by atoms with Gasteiger partial charge in [-0.05, 0) is 80.8 Å². The Morgan fingerprint density at radius 1 is 1.00 bits per heavy atom. The number of fused-ring (bicyclic) bond motifs is 4. The number of piperazine rings is 1. The standard InChI is InChI=1S/C40H41F5N8O2/c1-3-24-18-52-25(17-46-24)9-11-29-33-36(34(42)35(49-29)27-7-4-6-23-8-10-28(41)22(2)32(23)27)50-38(51-37(33)52)55-20-39-13-5-15-53(39)26(12-14-39)19-54-31-16-30(40(43,44)45)47-21-48-31/h4,6-8,10,16,21,24-26,46H,3,5,9,11-15,17-20H2,1-2H3/t24-,25-,26+,39+/m1/s1. The molecule has 0 unspecified atom stereocenters. The molecule has 0 spiro atoms. The van der Waals surface area contributed by atoms with E-state index in [0.717, 1.165) is 69.4 Å². The minimum absolute atomic E-state index is 0.0622. The van der Waals surface area contributed by atoms with Crippen LogP contribution in [-0.2, 0) is 12.6 Å². The van der Waals surface area contributed by atoms with Crippen LogP contribution < -0.4 is 19.7 Å². The van der Waals surface area contributed by atoms with Crippen LogP contribution in [0.2, 0.25) is 0 Å². The smallest absolute Gasteiger partial charge is 0.433 e. The molecule has 4 atom stereocenters. The predicted molar refractivity (Wildman–Crippen MR) is 196 cm³/mol. The number of nitrogens with zero attached hydrogens (tertiary/aromatic N) is 7. The van der Waals surface area contributed by atoms with E-state index in [1.165, 1.54) is 6.07 Å².